The zero-order valence-electron chi connectivity index (χ0n) is 7.82. The topological polar surface area (TPSA) is 24.4 Å². The first kappa shape index (κ1) is 12.9. The molecule has 1 N–H and O–H groups in total. The van der Waals surface area contributed by atoms with Crippen LogP contribution in [0.5, 0.6) is 0 Å². The fourth-order valence-electron chi connectivity index (χ4n) is 0.808. The summed E-state index contributed by atoms with van der Waals surface area (Å²) in [4.78, 5) is 0. The highest BCUT2D eigenvalue weighted by Gasteiger charge is 2.05. The van der Waals surface area contributed by atoms with Gasteiger partial charge < -0.3 is 0 Å². The van der Waals surface area contributed by atoms with Crippen molar-refractivity contribution >= 4 is 57.3 Å². The maximum Gasteiger partial charge on any atom is 0.126 e. The Balaban J connectivity index is 2.91. The Hall–Kier alpha value is -0.150. The summed E-state index contributed by atoms with van der Waals surface area (Å²) in [6, 6.07) is 3.14. The molecule has 1 aromatic rings. The maximum atomic E-state index is 5.91. The van der Waals surface area contributed by atoms with E-state index in [4.69, 9.17) is 46.4 Å². The molecule has 82 valence electrons. The number of benzene rings is 1. The van der Waals surface area contributed by atoms with Crippen LogP contribution in [0.3, 0.4) is 0 Å². The van der Waals surface area contributed by atoms with Gasteiger partial charge in [0.25, 0.3) is 0 Å². The minimum atomic E-state index is 0.401. The van der Waals surface area contributed by atoms with Gasteiger partial charge in [-0.3, -0.25) is 5.43 Å². The van der Waals surface area contributed by atoms with Gasteiger partial charge in [0.15, 0.2) is 0 Å². The van der Waals surface area contributed by atoms with E-state index in [1.807, 2.05) is 6.92 Å². The molecule has 6 heteroatoms. The van der Waals surface area contributed by atoms with Gasteiger partial charge in [0.2, 0.25) is 0 Å². The van der Waals surface area contributed by atoms with Crippen LogP contribution in [0.4, 0.5) is 5.69 Å². The highest BCUT2D eigenvalue weighted by atomic mass is 35.5. The standard InChI is InChI=1S/C9H8Cl4N2/c1-2-9(13)15-14-8-4-6(11)5(10)3-7(8)12/h3-4,14H,2H2,1H3/b15-9-. The van der Waals surface area contributed by atoms with E-state index in [1.54, 1.807) is 12.1 Å². The van der Waals surface area contributed by atoms with Crippen LogP contribution in [-0.2, 0) is 0 Å². The molecular formula is C9H8Cl4N2. The van der Waals surface area contributed by atoms with Crippen molar-refractivity contribution in [1.82, 2.24) is 0 Å². The molecule has 0 spiro atoms. The minimum absolute atomic E-state index is 0.401. The Morgan fingerprint density at radius 3 is 2.40 bits per heavy atom. The van der Waals surface area contributed by atoms with Crippen molar-refractivity contribution in [2.45, 2.75) is 13.3 Å². The van der Waals surface area contributed by atoms with E-state index in [1.165, 1.54) is 0 Å². The van der Waals surface area contributed by atoms with Crippen molar-refractivity contribution < 1.29 is 0 Å². The molecule has 0 fully saturated rings. The van der Waals surface area contributed by atoms with E-state index in [0.717, 1.165) is 0 Å². The third-order valence-corrected chi connectivity index (χ3v) is 2.99. The lowest BCUT2D eigenvalue weighted by Gasteiger charge is -2.05. The van der Waals surface area contributed by atoms with Gasteiger partial charge >= 0.3 is 0 Å². The van der Waals surface area contributed by atoms with Crippen molar-refractivity contribution in [2.24, 2.45) is 5.10 Å². The first-order chi connectivity index (χ1) is 7.04. The average molecular weight is 286 g/mol. The maximum absolute atomic E-state index is 5.91. The lowest BCUT2D eigenvalue weighted by molar-refractivity contribution is 1.25. The summed E-state index contributed by atoms with van der Waals surface area (Å²) in [6.45, 7) is 1.89. The fourth-order valence-corrected chi connectivity index (χ4v) is 1.44. The van der Waals surface area contributed by atoms with Gasteiger partial charge in [-0.15, -0.1) is 0 Å². The van der Waals surface area contributed by atoms with E-state index in [-0.39, 0.29) is 0 Å². The van der Waals surface area contributed by atoms with Crippen LogP contribution >= 0.6 is 46.4 Å². The smallest absolute Gasteiger partial charge is 0.126 e. The van der Waals surface area contributed by atoms with Crippen molar-refractivity contribution in [1.29, 1.82) is 0 Å². The average Bonchev–Trinajstić information content (AvgIpc) is 2.21. The third-order valence-electron chi connectivity index (χ3n) is 1.60. The van der Waals surface area contributed by atoms with Gasteiger partial charge in [-0.2, -0.15) is 5.10 Å². The molecule has 1 aromatic carbocycles. The number of halogens is 4. The Morgan fingerprint density at radius 1 is 1.20 bits per heavy atom. The van der Waals surface area contributed by atoms with Gasteiger partial charge in [0.1, 0.15) is 5.17 Å². The number of rotatable bonds is 3. The summed E-state index contributed by atoms with van der Waals surface area (Å²) >= 11 is 23.2. The van der Waals surface area contributed by atoms with Gasteiger partial charge in [-0.25, -0.2) is 0 Å². The van der Waals surface area contributed by atoms with Crippen LogP contribution in [0.2, 0.25) is 15.1 Å². The molecule has 2 nitrogen and oxygen atoms in total. The molecule has 0 aliphatic carbocycles. The van der Waals surface area contributed by atoms with Crippen molar-refractivity contribution in [2.75, 3.05) is 5.43 Å². The lowest BCUT2D eigenvalue weighted by Crippen LogP contribution is -1.94. The van der Waals surface area contributed by atoms with Gasteiger partial charge in [0.05, 0.1) is 20.8 Å². The van der Waals surface area contributed by atoms with Crippen molar-refractivity contribution in [3.63, 3.8) is 0 Å². The number of hydrogen-bond donors (Lipinski definition) is 1. The highest BCUT2D eigenvalue weighted by Crippen LogP contribution is 2.32. The SMILES string of the molecule is CC/C(Cl)=N/Nc1cc(Cl)c(Cl)cc1Cl. The predicted octanol–water partition coefficient (Wildman–Crippen LogP) is 5.02. The Labute approximate surface area is 108 Å². The lowest BCUT2D eigenvalue weighted by atomic mass is 10.3. The van der Waals surface area contributed by atoms with Crippen molar-refractivity contribution in [3.05, 3.63) is 27.2 Å². The summed E-state index contributed by atoms with van der Waals surface area (Å²) in [5, 5.41) is 5.59. The molecule has 15 heavy (non-hydrogen) atoms. The number of nitrogens with zero attached hydrogens (tertiary/aromatic N) is 1. The zero-order valence-corrected chi connectivity index (χ0v) is 10.8. The molecule has 0 aliphatic rings. The molecule has 1 rings (SSSR count). The largest absolute Gasteiger partial charge is 0.276 e. The summed E-state index contributed by atoms with van der Waals surface area (Å²) < 4.78 is 0. The second-order valence-electron chi connectivity index (χ2n) is 2.70. The number of anilines is 1. The van der Waals surface area contributed by atoms with E-state index in [9.17, 15) is 0 Å². The highest BCUT2D eigenvalue weighted by molar-refractivity contribution is 6.65. The molecule has 0 atom stereocenters. The molecule has 0 bridgehead atoms. The van der Waals surface area contributed by atoms with Crippen LogP contribution in [-0.4, -0.2) is 5.17 Å². The van der Waals surface area contributed by atoms with E-state index in [2.05, 4.69) is 10.5 Å². The van der Waals surface area contributed by atoms with E-state index >= 15 is 0 Å². The van der Waals surface area contributed by atoms with Crippen LogP contribution in [0.1, 0.15) is 13.3 Å². The second kappa shape index (κ2) is 5.80. The monoisotopic (exact) mass is 284 g/mol. The molecule has 0 radical (unpaired) electrons. The van der Waals surface area contributed by atoms with Crippen molar-refractivity contribution in [3.8, 4) is 0 Å². The Morgan fingerprint density at radius 2 is 1.80 bits per heavy atom. The molecular weight excluding hydrogens is 278 g/mol. The number of hydrogen-bond acceptors (Lipinski definition) is 2. The van der Waals surface area contributed by atoms with Crippen LogP contribution < -0.4 is 5.43 Å². The normalized spacial score (nSPS) is 11.7. The third kappa shape index (κ3) is 3.72. The predicted molar refractivity (Wildman–Crippen MR) is 68.7 cm³/mol. The van der Waals surface area contributed by atoms with Crippen LogP contribution in [0, 0.1) is 0 Å². The van der Waals surface area contributed by atoms with Gasteiger partial charge in [-0.05, 0) is 18.6 Å². The molecule has 0 aliphatic heterocycles. The Bertz CT molecular complexity index is 390. The molecule has 0 amide bonds. The van der Waals surface area contributed by atoms with Gasteiger partial charge in [0, 0.05) is 0 Å². The van der Waals surface area contributed by atoms with E-state index in [0.29, 0.717) is 32.3 Å². The first-order valence-corrected chi connectivity index (χ1v) is 5.68. The molecule has 0 saturated heterocycles. The first-order valence-electron chi connectivity index (χ1n) is 4.17. The summed E-state index contributed by atoms with van der Waals surface area (Å²) in [7, 11) is 0. The molecule has 0 unspecified atom stereocenters. The number of nitrogens with one attached hydrogen (secondary N) is 1. The molecule has 0 saturated carbocycles. The summed E-state index contributed by atoms with van der Waals surface area (Å²) in [6.07, 6.45) is 0.646. The zero-order chi connectivity index (χ0) is 11.4. The summed E-state index contributed by atoms with van der Waals surface area (Å²) in [5.41, 5.74) is 3.28. The van der Waals surface area contributed by atoms with Crippen LogP contribution in [0.15, 0.2) is 17.2 Å². The minimum Gasteiger partial charge on any atom is -0.276 e. The molecule has 0 aromatic heterocycles. The Kier molecular flexibility index (Phi) is 5.00. The quantitative estimate of drug-likeness (QED) is 0.471. The molecule has 0 heterocycles. The second-order valence-corrected chi connectivity index (χ2v) is 4.36. The number of hydrazone groups is 1. The van der Waals surface area contributed by atoms with Crippen LogP contribution in [0.25, 0.3) is 0 Å². The van der Waals surface area contributed by atoms with Gasteiger partial charge in [-0.1, -0.05) is 53.3 Å². The fraction of sp³-hybridized carbons (Fsp3) is 0.222. The van der Waals surface area contributed by atoms with E-state index < -0.39 is 0 Å². The summed E-state index contributed by atoms with van der Waals surface area (Å²) in [5.74, 6) is 0.